The second-order valence-electron chi connectivity index (χ2n) is 3.79. The van der Waals surface area contributed by atoms with Crippen LogP contribution in [0.15, 0.2) is 0 Å². The van der Waals surface area contributed by atoms with Gasteiger partial charge in [0.15, 0.2) is 0 Å². The third-order valence-corrected chi connectivity index (χ3v) is 0.842. The van der Waals surface area contributed by atoms with Crippen LogP contribution in [-0.2, 0) is 4.74 Å². The smallest absolute Gasteiger partial charge is 0.447 e. The van der Waals surface area contributed by atoms with Crippen molar-refractivity contribution in [2.75, 3.05) is 13.1 Å². The minimum atomic E-state index is -4.78. The van der Waals surface area contributed by atoms with Gasteiger partial charge in [0.25, 0.3) is 0 Å². The van der Waals surface area contributed by atoms with Crippen LogP contribution >= 0.6 is 0 Å². The molecule has 0 saturated carbocycles. The molecule has 1 nitrogen and oxygen atoms in total. The molecule has 0 aliphatic rings. The topological polar surface area (TPSA) is 9.23 Å². The Morgan fingerprint density at radius 2 is 1.58 bits per heavy atom. The molecule has 0 aliphatic heterocycles. The summed E-state index contributed by atoms with van der Waals surface area (Å²) in [6.45, 7) is -0.227. The van der Waals surface area contributed by atoms with Gasteiger partial charge in [0.05, 0.1) is 0 Å². The molecule has 68 valence electrons. The normalized spacial score (nSPS) is 12.5. The molecule has 0 aromatic carbocycles. The molecule has 0 heterocycles. The zero-order chi connectivity index (χ0) is 9.12. The maximum atomic E-state index is 11.6. The van der Waals surface area contributed by atoms with Crippen LogP contribution in [0.4, 0.5) is 12.9 Å². The van der Waals surface area contributed by atoms with Gasteiger partial charge in [-0.05, 0) is 5.41 Å². The molecule has 0 unspecified atom stereocenters. The van der Waals surface area contributed by atoms with Crippen LogP contribution in [0.3, 0.4) is 0 Å². The molecular formula is C6H13BF3KO. The third kappa shape index (κ3) is 14.0. The Morgan fingerprint density at radius 1 is 1.17 bits per heavy atom. The molecule has 0 atom stereocenters. The largest absolute Gasteiger partial charge is 1.00 e. The van der Waals surface area contributed by atoms with Crippen molar-refractivity contribution >= 4 is 6.98 Å². The average molecular weight is 208 g/mol. The predicted octanol–water partition coefficient (Wildman–Crippen LogP) is -0.560. The van der Waals surface area contributed by atoms with Crippen LogP contribution < -0.4 is 51.4 Å². The van der Waals surface area contributed by atoms with E-state index >= 15 is 0 Å². The predicted molar refractivity (Wildman–Crippen MR) is 39.4 cm³/mol. The van der Waals surface area contributed by atoms with Crippen molar-refractivity contribution in [1.82, 2.24) is 0 Å². The summed E-state index contributed by atoms with van der Waals surface area (Å²) in [4.78, 5) is 0. The fourth-order valence-electron chi connectivity index (χ4n) is 0.499. The van der Waals surface area contributed by atoms with Gasteiger partial charge in [0, 0.05) is 13.1 Å². The Kier molecular flexibility index (Phi) is 8.00. The SMILES string of the molecule is CC(C)(C)COC[B-](F)(F)F.[K+]. The van der Waals surface area contributed by atoms with Gasteiger partial charge in [0.1, 0.15) is 0 Å². The van der Waals surface area contributed by atoms with E-state index in [1.165, 1.54) is 0 Å². The molecule has 12 heavy (non-hydrogen) atoms. The van der Waals surface area contributed by atoms with Gasteiger partial charge in [-0.3, -0.25) is 0 Å². The van der Waals surface area contributed by atoms with Crippen molar-refractivity contribution in [3.05, 3.63) is 0 Å². The van der Waals surface area contributed by atoms with E-state index in [2.05, 4.69) is 4.74 Å². The second kappa shape index (κ2) is 6.03. The molecule has 6 heteroatoms. The summed E-state index contributed by atoms with van der Waals surface area (Å²) in [7, 11) is 0. The Hall–Kier alpha value is 1.45. The van der Waals surface area contributed by atoms with E-state index in [0.717, 1.165) is 0 Å². The van der Waals surface area contributed by atoms with Crippen molar-refractivity contribution in [2.45, 2.75) is 20.8 Å². The fourth-order valence-corrected chi connectivity index (χ4v) is 0.499. The first-order valence-corrected chi connectivity index (χ1v) is 3.49. The van der Waals surface area contributed by atoms with Gasteiger partial charge < -0.3 is 17.7 Å². The van der Waals surface area contributed by atoms with Gasteiger partial charge in [-0.1, -0.05) is 20.8 Å². The molecule has 0 bridgehead atoms. The Bertz CT molecular complexity index is 107. The first-order chi connectivity index (χ1) is 4.71. The molecule has 0 N–H and O–H groups in total. The molecule has 0 rings (SSSR count). The summed E-state index contributed by atoms with van der Waals surface area (Å²) in [5.74, 6) is 0. The summed E-state index contributed by atoms with van der Waals surface area (Å²) in [5, 5.41) is 0. The summed E-state index contributed by atoms with van der Waals surface area (Å²) in [6.07, 6.45) is 0. The Labute approximate surface area is 114 Å². The van der Waals surface area contributed by atoms with E-state index in [9.17, 15) is 12.9 Å². The fraction of sp³-hybridized carbons (Fsp3) is 1.00. The molecule has 0 aliphatic carbocycles. The standard InChI is InChI=1S/C6H13BF3O.K/c1-6(2,3)4-11-5-7(8,9)10;/h4-5H2,1-3H3;/q-1;+1. The third-order valence-electron chi connectivity index (χ3n) is 0.842. The van der Waals surface area contributed by atoms with Crippen molar-refractivity contribution in [3.63, 3.8) is 0 Å². The minimum absolute atomic E-state index is 0. The number of rotatable bonds is 3. The van der Waals surface area contributed by atoms with E-state index in [1.54, 1.807) is 0 Å². The average Bonchev–Trinajstić information content (AvgIpc) is 1.55. The van der Waals surface area contributed by atoms with Crippen molar-refractivity contribution in [2.24, 2.45) is 5.41 Å². The molecule has 0 aromatic heterocycles. The van der Waals surface area contributed by atoms with E-state index in [1.807, 2.05) is 20.8 Å². The van der Waals surface area contributed by atoms with Crippen molar-refractivity contribution in [3.8, 4) is 0 Å². The van der Waals surface area contributed by atoms with Gasteiger partial charge in [-0.25, -0.2) is 0 Å². The number of ether oxygens (including phenoxy) is 1. The van der Waals surface area contributed by atoms with Crippen molar-refractivity contribution in [1.29, 1.82) is 0 Å². The van der Waals surface area contributed by atoms with Gasteiger partial charge >= 0.3 is 58.4 Å². The van der Waals surface area contributed by atoms with Crippen LogP contribution in [0.1, 0.15) is 20.8 Å². The number of halogens is 3. The van der Waals surface area contributed by atoms with Gasteiger partial charge in [-0.15, -0.1) is 0 Å². The summed E-state index contributed by atoms with van der Waals surface area (Å²) in [5.41, 5.74) is -0.193. The number of hydrogen-bond acceptors (Lipinski definition) is 1. The zero-order valence-corrected chi connectivity index (χ0v) is 11.2. The zero-order valence-electron chi connectivity index (χ0n) is 8.03. The molecular weight excluding hydrogens is 195 g/mol. The maximum Gasteiger partial charge on any atom is 1.00 e. The van der Waals surface area contributed by atoms with E-state index in [0.29, 0.717) is 0 Å². The first-order valence-electron chi connectivity index (χ1n) is 3.49. The van der Waals surface area contributed by atoms with Crippen LogP contribution in [0, 0.1) is 5.41 Å². The van der Waals surface area contributed by atoms with Gasteiger partial charge in [-0.2, -0.15) is 0 Å². The first kappa shape index (κ1) is 15.9. The van der Waals surface area contributed by atoms with E-state index < -0.39 is 13.5 Å². The molecule has 0 saturated heterocycles. The van der Waals surface area contributed by atoms with Crippen molar-refractivity contribution < 1.29 is 69.1 Å². The van der Waals surface area contributed by atoms with Crippen LogP contribution in [0.25, 0.3) is 0 Å². The minimum Gasteiger partial charge on any atom is -0.447 e. The quantitative estimate of drug-likeness (QED) is 0.565. The molecule has 0 fully saturated rings. The summed E-state index contributed by atoms with van der Waals surface area (Å²) >= 11 is 0. The second-order valence-corrected chi connectivity index (χ2v) is 3.79. The summed E-state index contributed by atoms with van der Waals surface area (Å²) < 4.78 is 39.2. The number of hydrogen-bond donors (Lipinski definition) is 0. The molecule has 0 spiro atoms. The van der Waals surface area contributed by atoms with Crippen LogP contribution in [-0.4, -0.2) is 20.1 Å². The summed E-state index contributed by atoms with van der Waals surface area (Å²) in [6, 6.07) is 0. The molecule has 0 aromatic rings. The monoisotopic (exact) mass is 208 g/mol. The van der Waals surface area contributed by atoms with E-state index in [4.69, 9.17) is 0 Å². The van der Waals surface area contributed by atoms with Gasteiger partial charge in [0.2, 0.25) is 0 Å². The Balaban J connectivity index is 0. The van der Waals surface area contributed by atoms with Crippen LogP contribution in [0.2, 0.25) is 0 Å². The Morgan fingerprint density at radius 3 is 1.83 bits per heavy atom. The molecule has 0 amide bonds. The van der Waals surface area contributed by atoms with Crippen LogP contribution in [0.5, 0.6) is 0 Å². The maximum absolute atomic E-state index is 11.6. The molecule has 0 radical (unpaired) electrons. The van der Waals surface area contributed by atoms with E-state index in [-0.39, 0.29) is 63.4 Å².